The fraction of sp³-hybridized carbons (Fsp3) is 0.423. The number of halogens is 1. The molecule has 4 N–H and O–H groups in total. The predicted molar refractivity (Wildman–Crippen MR) is 138 cm³/mol. The number of benzene rings is 1. The highest BCUT2D eigenvalue weighted by atomic mass is 19.1. The second-order valence-electron chi connectivity index (χ2n) is 10.3. The van der Waals surface area contributed by atoms with Crippen molar-refractivity contribution < 1.29 is 13.9 Å². The monoisotopic (exact) mass is 504 g/mol. The fourth-order valence-electron chi connectivity index (χ4n) is 5.47. The summed E-state index contributed by atoms with van der Waals surface area (Å²) in [5, 5.41) is 4.45. The largest absolute Gasteiger partial charge is 0.421 e. The number of carbonyl (C=O) groups excluding carboxylic acids is 1. The summed E-state index contributed by atoms with van der Waals surface area (Å²) >= 11 is 0. The SMILES string of the molecule is CNc1cc(F)cc2c1[nH]c1nc(Oc3cnc(C)nc3)nc(N3C[C@H](CC(=O)[C@H](C)N)C4(CC4)C3)c12. The summed E-state index contributed by atoms with van der Waals surface area (Å²) < 4.78 is 20.6. The Bertz CT molecular complexity index is 1510. The van der Waals surface area contributed by atoms with Crippen molar-refractivity contribution in [1.29, 1.82) is 0 Å². The molecule has 11 heteroatoms. The van der Waals surface area contributed by atoms with Crippen LogP contribution in [0.4, 0.5) is 15.9 Å². The summed E-state index contributed by atoms with van der Waals surface area (Å²) in [5.41, 5.74) is 7.83. The molecule has 2 atom stereocenters. The van der Waals surface area contributed by atoms with Crippen LogP contribution in [0, 0.1) is 24.1 Å². The Morgan fingerprint density at radius 1 is 1.32 bits per heavy atom. The third-order valence-corrected chi connectivity index (χ3v) is 7.68. The average molecular weight is 505 g/mol. The van der Waals surface area contributed by atoms with Crippen LogP contribution >= 0.6 is 0 Å². The number of aromatic nitrogens is 5. The molecule has 0 bridgehead atoms. The van der Waals surface area contributed by atoms with Crippen molar-refractivity contribution in [2.24, 2.45) is 17.1 Å². The quantitative estimate of drug-likeness (QED) is 0.344. The van der Waals surface area contributed by atoms with Gasteiger partial charge in [-0.3, -0.25) is 4.79 Å². The molecule has 1 aromatic carbocycles. The molecule has 1 saturated heterocycles. The molecule has 10 nitrogen and oxygen atoms in total. The number of fused-ring (bicyclic) bond motifs is 3. The Morgan fingerprint density at radius 3 is 2.76 bits per heavy atom. The number of H-pyrrole nitrogens is 1. The number of hydrogen-bond acceptors (Lipinski definition) is 9. The van der Waals surface area contributed by atoms with Gasteiger partial charge in [0.05, 0.1) is 35.0 Å². The summed E-state index contributed by atoms with van der Waals surface area (Å²) in [6.07, 6.45) is 5.70. The number of aryl methyl sites for hydroxylation is 1. The Balaban J connectivity index is 1.47. The van der Waals surface area contributed by atoms with Crippen LogP contribution in [-0.2, 0) is 4.79 Å². The first kappa shape index (κ1) is 23.5. The number of nitrogens with two attached hydrogens (primary N) is 1. The highest BCUT2D eigenvalue weighted by molar-refractivity contribution is 6.14. The number of nitrogens with zero attached hydrogens (tertiary/aromatic N) is 5. The van der Waals surface area contributed by atoms with Gasteiger partial charge in [0.1, 0.15) is 28.9 Å². The minimum atomic E-state index is -0.483. The molecule has 1 saturated carbocycles. The molecule has 0 unspecified atom stereocenters. The maximum atomic E-state index is 14.6. The Kier molecular flexibility index (Phi) is 5.48. The topological polar surface area (TPSA) is 135 Å². The van der Waals surface area contributed by atoms with Gasteiger partial charge in [-0.05, 0) is 50.2 Å². The molecule has 4 aromatic rings. The maximum absolute atomic E-state index is 14.6. The second kappa shape index (κ2) is 8.62. The number of nitrogens with one attached hydrogen (secondary N) is 2. The number of aromatic amines is 1. The van der Waals surface area contributed by atoms with Crippen LogP contribution in [-0.4, -0.2) is 56.9 Å². The van der Waals surface area contributed by atoms with Gasteiger partial charge in [-0.15, -0.1) is 0 Å². The number of carbonyl (C=O) groups is 1. The number of rotatable bonds is 7. The van der Waals surface area contributed by atoms with Crippen molar-refractivity contribution in [2.45, 2.75) is 39.2 Å². The molecule has 192 valence electrons. The van der Waals surface area contributed by atoms with E-state index < -0.39 is 6.04 Å². The molecule has 2 fully saturated rings. The van der Waals surface area contributed by atoms with Gasteiger partial charge >= 0.3 is 6.01 Å². The first-order chi connectivity index (χ1) is 17.8. The highest BCUT2D eigenvalue weighted by Gasteiger charge is 2.55. The summed E-state index contributed by atoms with van der Waals surface area (Å²) in [6.45, 7) is 4.93. The van der Waals surface area contributed by atoms with E-state index >= 15 is 0 Å². The molecule has 6 rings (SSSR count). The molecule has 2 aliphatic rings. The van der Waals surface area contributed by atoms with Gasteiger partial charge in [-0.25, -0.2) is 14.4 Å². The third-order valence-electron chi connectivity index (χ3n) is 7.68. The smallest absolute Gasteiger partial charge is 0.326 e. The van der Waals surface area contributed by atoms with Gasteiger partial charge in [0.25, 0.3) is 0 Å². The standard InChI is InChI=1S/C26H29FN8O2/c1-13(28)20(36)6-15-11-35(12-26(15)4-5-26)24-21-18-7-16(27)8-19(29-3)22(18)32-23(21)33-25(34-24)37-17-9-30-14(2)31-10-17/h7-10,13,15,29H,4-6,11-12,28H2,1-3H3,(H,32,33,34)/t13-,15-/m0/s1. The lowest BCUT2D eigenvalue weighted by atomic mass is 9.87. The number of ether oxygens (including phenoxy) is 1. The lowest BCUT2D eigenvalue weighted by Gasteiger charge is -2.19. The van der Waals surface area contributed by atoms with Gasteiger partial charge in [0.15, 0.2) is 5.75 Å². The minimum Gasteiger partial charge on any atom is -0.421 e. The number of hydrogen-bond donors (Lipinski definition) is 3. The number of anilines is 2. The van der Waals surface area contributed by atoms with Crippen LogP contribution in [0.5, 0.6) is 11.8 Å². The normalized spacial score (nSPS) is 19.1. The number of Topliss-reactive ketones (excluding diaryl/α,β-unsaturated/α-hetero) is 1. The summed E-state index contributed by atoms with van der Waals surface area (Å²) in [6, 6.07) is 2.59. The van der Waals surface area contributed by atoms with Gasteiger partial charge in [0, 0.05) is 31.9 Å². The third kappa shape index (κ3) is 4.12. The van der Waals surface area contributed by atoms with Crippen molar-refractivity contribution in [1.82, 2.24) is 24.9 Å². The van der Waals surface area contributed by atoms with Crippen molar-refractivity contribution in [3.05, 3.63) is 36.2 Å². The molecule has 1 aliphatic carbocycles. The first-order valence-corrected chi connectivity index (χ1v) is 12.5. The van der Waals surface area contributed by atoms with Gasteiger partial charge < -0.3 is 25.7 Å². The predicted octanol–water partition coefficient (Wildman–Crippen LogP) is 3.71. The lowest BCUT2D eigenvalue weighted by Crippen LogP contribution is -2.30. The molecule has 4 heterocycles. The molecule has 37 heavy (non-hydrogen) atoms. The van der Waals surface area contributed by atoms with Gasteiger partial charge in [-0.1, -0.05) is 0 Å². The van der Waals surface area contributed by atoms with Crippen molar-refractivity contribution in [3.8, 4) is 11.8 Å². The minimum absolute atomic E-state index is 0.0706. The van der Waals surface area contributed by atoms with E-state index in [2.05, 4.69) is 30.2 Å². The maximum Gasteiger partial charge on any atom is 0.326 e. The molecule has 0 radical (unpaired) electrons. The number of ketones is 1. The first-order valence-electron chi connectivity index (χ1n) is 12.5. The molecule has 0 amide bonds. The zero-order valence-electron chi connectivity index (χ0n) is 21.0. The van der Waals surface area contributed by atoms with Crippen molar-refractivity contribution in [3.63, 3.8) is 0 Å². The summed E-state index contributed by atoms with van der Waals surface area (Å²) in [7, 11) is 1.75. The van der Waals surface area contributed by atoms with Crippen LogP contribution in [0.3, 0.4) is 0 Å². The van der Waals surface area contributed by atoms with E-state index in [0.717, 1.165) is 24.9 Å². The van der Waals surface area contributed by atoms with Crippen LogP contribution in [0.15, 0.2) is 24.5 Å². The Labute approximate surface area is 212 Å². The molecule has 3 aromatic heterocycles. The van der Waals surface area contributed by atoms with Gasteiger partial charge in [-0.2, -0.15) is 9.97 Å². The second-order valence-corrected chi connectivity index (χ2v) is 10.3. The average Bonchev–Trinajstić information content (AvgIpc) is 3.43. The fourth-order valence-corrected chi connectivity index (χ4v) is 5.47. The van der Waals surface area contributed by atoms with Gasteiger partial charge in [0.2, 0.25) is 0 Å². The van der Waals surface area contributed by atoms with E-state index in [9.17, 15) is 9.18 Å². The molecule has 1 spiro atoms. The van der Waals surface area contributed by atoms with Crippen LogP contribution in [0.25, 0.3) is 21.9 Å². The lowest BCUT2D eigenvalue weighted by molar-refractivity contribution is -0.121. The summed E-state index contributed by atoms with van der Waals surface area (Å²) in [5.74, 6) is 1.58. The van der Waals surface area contributed by atoms with E-state index in [0.29, 0.717) is 52.5 Å². The molecular weight excluding hydrogens is 475 g/mol. The van der Waals surface area contributed by atoms with E-state index in [1.165, 1.54) is 12.1 Å². The van der Waals surface area contributed by atoms with Crippen molar-refractivity contribution in [2.75, 3.05) is 30.4 Å². The Morgan fingerprint density at radius 2 is 2.08 bits per heavy atom. The highest BCUT2D eigenvalue weighted by Crippen LogP contribution is 2.58. The van der Waals surface area contributed by atoms with Crippen LogP contribution in [0.1, 0.15) is 32.0 Å². The van der Waals surface area contributed by atoms with Crippen molar-refractivity contribution >= 4 is 39.2 Å². The Hall–Kier alpha value is -3.86. The molecular formula is C26H29FN8O2. The summed E-state index contributed by atoms with van der Waals surface area (Å²) in [4.78, 5) is 35.9. The zero-order valence-corrected chi connectivity index (χ0v) is 21.0. The zero-order chi connectivity index (χ0) is 25.9. The van der Waals surface area contributed by atoms with Crippen LogP contribution < -0.4 is 20.7 Å². The van der Waals surface area contributed by atoms with Crippen LogP contribution in [0.2, 0.25) is 0 Å². The van der Waals surface area contributed by atoms with E-state index in [1.807, 2.05) is 0 Å². The van der Waals surface area contributed by atoms with E-state index in [-0.39, 0.29) is 28.9 Å². The van der Waals surface area contributed by atoms with E-state index in [1.54, 1.807) is 33.3 Å². The molecule has 1 aliphatic heterocycles. The van der Waals surface area contributed by atoms with E-state index in [4.69, 9.17) is 15.5 Å².